The zero-order valence-electron chi connectivity index (χ0n) is 16.9. The largest absolute Gasteiger partial charge is 0.353 e. The van der Waals surface area contributed by atoms with Crippen molar-refractivity contribution in [2.45, 2.75) is 96.7 Å². The number of hydrogen-bond donors (Lipinski definition) is 0. The summed E-state index contributed by atoms with van der Waals surface area (Å²) in [6, 6.07) is 0. The number of ether oxygens (including phenoxy) is 2. The van der Waals surface area contributed by atoms with E-state index in [9.17, 15) is 0 Å². The van der Waals surface area contributed by atoms with Gasteiger partial charge in [0.25, 0.3) is 0 Å². The summed E-state index contributed by atoms with van der Waals surface area (Å²) < 4.78 is 11.5. The molecule has 0 spiro atoms. The standard InChI is InChI=1S/C21H43NO2/c1-5-6-7-8-9-11-15-20(21(2,23-3)24-4)16-14-19-22-17-12-10-13-18-22/h20H,5-19H2,1-4H3. The van der Waals surface area contributed by atoms with Crippen LogP contribution in [0.2, 0.25) is 0 Å². The van der Waals surface area contributed by atoms with E-state index >= 15 is 0 Å². The third-order valence-electron chi connectivity index (χ3n) is 5.93. The van der Waals surface area contributed by atoms with Crippen LogP contribution in [0.25, 0.3) is 0 Å². The normalized spacial score (nSPS) is 18.0. The summed E-state index contributed by atoms with van der Waals surface area (Å²) in [6.45, 7) is 8.25. The van der Waals surface area contributed by atoms with E-state index in [0.29, 0.717) is 5.92 Å². The van der Waals surface area contributed by atoms with Gasteiger partial charge in [0.05, 0.1) is 0 Å². The summed E-state index contributed by atoms with van der Waals surface area (Å²) in [4.78, 5) is 2.64. The third-order valence-corrected chi connectivity index (χ3v) is 5.93. The molecule has 1 unspecified atom stereocenters. The van der Waals surface area contributed by atoms with Crippen molar-refractivity contribution >= 4 is 0 Å². The number of likely N-dealkylation sites (tertiary alicyclic amines) is 1. The van der Waals surface area contributed by atoms with Crippen molar-refractivity contribution in [1.29, 1.82) is 0 Å². The molecule has 1 heterocycles. The minimum absolute atomic E-state index is 0.425. The minimum Gasteiger partial charge on any atom is -0.353 e. The molecule has 1 aliphatic rings. The van der Waals surface area contributed by atoms with Crippen molar-refractivity contribution in [3.8, 4) is 0 Å². The monoisotopic (exact) mass is 341 g/mol. The Morgan fingerprint density at radius 1 is 0.833 bits per heavy atom. The van der Waals surface area contributed by atoms with Gasteiger partial charge in [-0.15, -0.1) is 0 Å². The van der Waals surface area contributed by atoms with E-state index in [-0.39, 0.29) is 0 Å². The van der Waals surface area contributed by atoms with Crippen LogP contribution in [0.5, 0.6) is 0 Å². The van der Waals surface area contributed by atoms with Crippen molar-refractivity contribution in [1.82, 2.24) is 4.90 Å². The predicted octanol–water partition coefficient (Wildman–Crippen LogP) is 5.63. The second kappa shape index (κ2) is 13.1. The summed E-state index contributed by atoms with van der Waals surface area (Å²) in [5.74, 6) is 0.0779. The van der Waals surface area contributed by atoms with E-state index in [0.717, 1.165) is 0 Å². The maximum absolute atomic E-state index is 5.75. The Hall–Kier alpha value is -0.120. The van der Waals surface area contributed by atoms with E-state index in [1.165, 1.54) is 96.7 Å². The third kappa shape index (κ3) is 8.31. The minimum atomic E-state index is -0.425. The van der Waals surface area contributed by atoms with E-state index in [1.54, 1.807) is 14.2 Å². The van der Waals surface area contributed by atoms with Gasteiger partial charge in [0.1, 0.15) is 0 Å². The zero-order chi connectivity index (χ0) is 17.7. The van der Waals surface area contributed by atoms with Crippen LogP contribution in [-0.2, 0) is 9.47 Å². The molecule has 0 bridgehead atoms. The van der Waals surface area contributed by atoms with Crippen molar-refractivity contribution in [3.63, 3.8) is 0 Å². The first-order valence-electron chi connectivity index (χ1n) is 10.5. The number of rotatable bonds is 14. The Labute approximate surface area is 151 Å². The smallest absolute Gasteiger partial charge is 0.167 e. The maximum atomic E-state index is 5.75. The lowest BCUT2D eigenvalue weighted by Crippen LogP contribution is -2.39. The molecule has 0 aromatic heterocycles. The van der Waals surface area contributed by atoms with Gasteiger partial charge < -0.3 is 14.4 Å². The molecule has 3 nitrogen and oxygen atoms in total. The molecule has 24 heavy (non-hydrogen) atoms. The van der Waals surface area contributed by atoms with Gasteiger partial charge in [0.15, 0.2) is 5.79 Å². The van der Waals surface area contributed by atoms with E-state index in [4.69, 9.17) is 9.47 Å². The van der Waals surface area contributed by atoms with Gasteiger partial charge in [0, 0.05) is 20.1 Å². The first kappa shape index (κ1) is 21.9. The van der Waals surface area contributed by atoms with Crippen molar-refractivity contribution in [3.05, 3.63) is 0 Å². The number of nitrogens with zero attached hydrogens (tertiary/aromatic N) is 1. The van der Waals surface area contributed by atoms with Crippen molar-refractivity contribution < 1.29 is 9.47 Å². The molecule has 1 rings (SSSR count). The van der Waals surface area contributed by atoms with Crippen LogP contribution in [-0.4, -0.2) is 44.5 Å². The van der Waals surface area contributed by atoms with Crippen LogP contribution < -0.4 is 0 Å². The lowest BCUT2D eigenvalue weighted by molar-refractivity contribution is -0.230. The highest BCUT2D eigenvalue weighted by Gasteiger charge is 2.33. The SMILES string of the molecule is CCCCCCCCC(CCCN1CCCCC1)C(C)(OC)OC. The van der Waals surface area contributed by atoms with Gasteiger partial charge in [-0.2, -0.15) is 0 Å². The highest BCUT2D eigenvalue weighted by atomic mass is 16.7. The molecule has 3 heteroatoms. The van der Waals surface area contributed by atoms with Crippen LogP contribution in [0.15, 0.2) is 0 Å². The molecule has 1 atom stereocenters. The van der Waals surface area contributed by atoms with Crippen molar-refractivity contribution in [2.75, 3.05) is 33.9 Å². The topological polar surface area (TPSA) is 21.7 Å². The van der Waals surface area contributed by atoms with E-state index < -0.39 is 5.79 Å². The number of piperidine rings is 1. The van der Waals surface area contributed by atoms with Crippen molar-refractivity contribution in [2.24, 2.45) is 5.92 Å². The zero-order valence-corrected chi connectivity index (χ0v) is 16.9. The molecule has 144 valence electrons. The molecule has 1 saturated heterocycles. The Morgan fingerprint density at radius 2 is 1.42 bits per heavy atom. The Kier molecular flexibility index (Phi) is 12.0. The number of methoxy groups -OCH3 is 2. The van der Waals surface area contributed by atoms with Gasteiger partial charge in [-0.05, 0) is 58.7 Å². The molecule has 1 aliphatic heterocycles. The van der Waals surface area contributed by atoms with Crippen LogP contribution in [0, 0.1) is 5.92 Å². The average Bonchev–Trinajstić information content (AvgIpc) is 2.63. The Morgan fingerprint density at radius 3 is 2.04 bits per heavy atom. The maximum Gasteiger partial charge on any atom is 0.167 e. The molecule has 0 N–H and O–H groups in total. The summed E-state index contributed by atoms with van der Waals surface area (Å²) >= 11 is 0. The van der Waals surface area contributed by atoms with Gasteiger partial charge in [-0.25, -0.2) is 0 Å². The van der Waals surface area contributed by atoms with Gasteiger partial charge >= 0.3 is 0 Å². The second-order valence-corrected chi connectivity index (χ2v) is 7.72. The fraction of sp³-hybridized carbons (Fsp3) is 1.00. The second-order valence-electron chi connectivity index (χ2n) is 7.72. The van der Waals surface area contributed by atoms with Gasteiger partial charge in [-0.3, -0.25) is 0 Å². The number of hydrogen-bond acceptors (Lipinski definition) is 3. The van der Waals surface area contributed by atoms with E-state index in [2.05, 4.69) is 18.7 Å². The van der Waals surface area contributed by atoms with Crippen LogP contribution in [0.3, 0.4) is 0 Å². The van der Waals surface area contributed by atoms with Crippen LogP contribution >= 0.6 is 0 Å². The molecule has 1 fully saturated rings. The summed E-state index contributed by atoms with van der Waals surface area (Å²) in [5, 5.41) is 0. The molecule has 0 radical (unpaired) electrons. The molecule has 0 saturated carbocycles. The van der Waals surface area contributed by atoms with E-state index in [1.807, 2.05) is 0 Å². The molecular weight excluding hydrogens is 298 g/mol. The lowest BCUT2D eigenvalue weighted by Gasteiger charge is -2.36. The summed E-state index contributed by atoms with van der Waals surface area (Å²) in [6.07, 6.45) is 16.0. The summed E-state index contributed by atoms with van der Waals surface area (Å²) in [5.41, 5.74) is 0. The molecular formula is C21H43NO2. The molecule has 0 aliphatic carbocycles. The van der Waals surface area contributed by atoms with Gasteiger partial charge in [0.2, 0.25) is 0 Å². The van der Waals surface area contributed by atoms with Gasteiger partial charge in [-0.1, -0.05) is 51.9 Å². The number of unbranched alkanes of at least 4 members (excludes halogenated alkanes) is 5. The fourth-order valence-electron chi connectivity index (χ4n) is 4.00. The van der Waals surface area contributed by atoms with Crippen LogP contribution in [0.4, 0.5) is 0 Å². The quantitative estimate of drug-likeness (QED) is 0.302. The molecule has 0 amide bonds. The Balaban J connectivity index is 2.34. The van der Waals surface area contributed by atoms with Crippen LogP contribution in [0.1, 0.15) is 90.9 Å². The average molecular weight is 342 g/mol. The molecule has 0 aromatic carbocycles. The fourth-order valence-corrected chi connectivity index (χ4v) is 4.00. The Bertz CT molecular complexity index is 286. The highest BCUT2D eigenvalue weighted by Crippen LogP contribution is 2.31. The predicted molar refractivity (Wildman–Crippen MR) is 103 cm³/mol. The molecule has 0 aromatic rings. The summed E-state index contributed by atoms with van der Waals surface area (Å²) in [7, 11) is 3.59. The first-order valence-corrected chi connectivity index (χ1v) is 10.5. The first-order chi connectivity index (χ1) is 11.7. The lowest BCUT2D eigenvalue weighted by atomic mass is 9.88. The highest BCUT2D eigenvalue weighted by molar-refractivity contribution is 4.76.